The van der Waals surface area contributed by atoms with E-state index in [9.17, 15) is 4.79 Å². The second-order valence-electron chi connectivity index (χ2n) is 3.69. The molecule has 0 bridgehead atoms. The van der Waals surface area contributed by atoms with E-state index in [1.54, 1.807) is 13.2 Å². The summed E-state index contributed by atoms with van der Waals surface area (Å²) in [4.78, 5) is 15.7. The van der Waals surface area contributed by atoms with E-state index in [1.807, 2.05) is 36.4 Å². The van der Waals surface area contributed by atoms with Crippen LogP contribution in [0.4, 0.5) is 0 Å². The smallest absolute Gasteiger partial charge is 0.250 e. The van der Waals surface area contributed by atoms with Gasteiger partial charge in [-0.2, -0.15) is 0 Å². The number of nitrogens with zero attached hydrogens (tertiary/aromatic N) is 1. The molecule has 1 N–H and O–H groups in total. The highest BCUT2D eigenvalue weighted by Gasteiger charge is 2.14. The van der Waals surface area contributed by atoms with Gasteiger partial charge in [0.15, 0.2) is 0 Å². The normalized spacial score (nSPS) is 19.1. The molecule has 0 saturated heterocycles. The van der Waals surface area contributed by atoms with Crippen LogP contribution in [0.1, 0.15) is 18.0 Å². The van der Waals surface area contributed by atoms with Crippen molar-refractivity contribution in [2.24, 2.45) is 0 Å². The van der Waals surface area contributed by atoms with E-state index in [-0.39, 0.29) is 11.8 Å². The largest absolute Gasteiger partial charge is 0.355 e. The van der Waals surface area contributed by atoms with Crippen molar-refractivity contribution in [2.45, 2.75) is 12.3 Å². The molecule has 0 fully saturated rings. The molecule has 1 unspecified atom stereocenters. The highest BCUT2D eigenvalue weighted by molar-refractivity contribution is 5.96. The monoisotopic (exact) mass is 214 g/mol. The first kappa shape index (κ1) is 10.6. The third kappa shape index (κ3) is 2.19. The lowest BCUT2D eigenvalue weighted by Gasteiger charge is -2.14. The van der Waals surface area contributed by atoms with E-state index in [0.29, 0.717) is 0 Å². The van der Waals surface area contributed by atoms with Crippen molar-refractivity contribution < 1.29 is 4.79 Å². The van der Waals surface area contributed by atoms with Crippen LogP contribution in [0.3, 0.4) is 0 Å². The molecule has 3 heteroatoms. The molecule has 1 aromatic heterocycles. The van der Waals surface area contributed by atoms with Crippen LogP contribution in [0.5, 0.6) is 0 Å². The van der Waals surface area contributed by atoms with Crippen LogP contribution in [-0.4, -0.2) is 17.9 Å². The molecule has 1 aliphatic carbocycles. The number of allylic oxidation sites excluding steroid dienone is 2. The van der Waals surface area contributed by atoms with Crippen LogP contribution in [0.15, 0.2) is 48.2 Å². The Morgan fingerprint density at radius 1 is 1.50 bits per heavy atom. The first-order valence-electron chi connectivity index (χ1n) is 5.32. The average Bonchev–Trinajstić information content (AvgIpc) is 2.39. The molecule has 1 atom stereocenters. The van der Waals surface area contributed by atoms with Crippen LogP contribution in [0, 0.1) is 0 Å². The fraction of sp³-hybridized carbons (Fsp3) is 0.231. The maximum absolute atomic E-state index is 11.4. The molecule has 82 valence electrons. The molecule has 1 aliphatic rings. The van der Waals surface area contributed by atoms with E-state index in [1.165, 1.54) is 0 Å². The zero-order chi connectivity index (χ0) is 11.4. The molecular weight excluding hydrogens is 200 g/mol. The van der Waals surface area contributed by atoms with Crippen molar-refractivity contribution in [2.75, 3.05) is 7.05 Å². The Morgan fingerprint density at radius 3 is 2.94 bits per heavy atom. The highest BCUT2D eigenvalue weighted by Crippen LogP contribution is 2.24. The SMILES string of the molecule is CNC(=O)C1=CCC(c2ccccn2)C=C1. The van der Waals surface area contributed by atoms with Crippen molar-refractivity contribution in [3.8, 4) is 0 Å². The molecule has 0 aliphatic heterocycles. The standard InChI is InChI=1S/C13H14N2O/c1-14-13(16)11-7-5-10(6-8-11)12-4-2-3-9-15-12/h2-5,7-10H,6H2,1H3,(H,14,16). The van der Waals surface area contributed by atoms with Crippen molar-refractivity contribution >= 4 is 5.91 Å². The average molecular weight is 214 g/mol. The van der Waals surface area contributed by atoms with E-state index in [2.05, 4.69) is 10.3 Å². The molecule has 0 saturated carbocycles. The van der Waals surface area contributed by atoms with Crippen molar-refractivity contribution in [3.63, 3.8) is 0 Å². The predicted molar refractivity (Wildman–Crippen MR) is 62.9 cm³/mol. The quantitative estimate of drug-likeness (QED) is 0.815. The van der Waals surface area contributed by atoms with Crippen LogP contribution in [0.25, 0.3) is 0 Å². The Bertz CT molecular complexity index is 435. The fourth-order valence-electron chi connectivity index (χ4n) is 1.75. The molecule has 0 spiro atoms. The maximum atomic E-state index is 11.4. The van der Waals surface area contributed by atoms with Crippen molar-refractivity contribution in [1.29, 1.82) is 0 Å². The van der Waals surface area contributed by atoms with Crippen molar-refractivity contribution in [1.82, 2.24) is 10.3 Å². The number of nitrogens with one attached hydrogen (secondary N) is 1. The van der Waals surface area contributed by atoms with Gasteiger partial charge in [0, 0.05) is 30.4 Å². The summed E-state index contributed by atoms with van der Waals surface area (Å²) in [5, 5.41) is 2.62. The molecule has 0 aromatic carbocycles. The first-order valence-corrected chi connectivity index (χ1v) is 5.32. The van der Waals surface area contributed by atoms with E-state index in [4.69, 9.17) is 0 Å². The summed E-state index contributed by atoms with van der Waals surface area (Å²) in [6.07, 6.45) is 8.48. The van der Waals surface area contributed by atoms with Gasteiger partial charge in [0.05, 0.1) is 0 Å². The van der Waals surface area contributed by atoms with E-state index < -0.39 is 0 Å². The Kier molecular flexibility index (Phi) is 3.15. The molecular formula is C13H14N2O. The molecule has 3 nitrogen and oxygen atoms in total. The third-order valence-electron chi connectivity index (χ3n) is 2.66. The Labute approximate surface area is 94.9 Å². The van der Waals surface area contributed by atoms with Gasteiger partial charge in [0.2, 0.25) is 0 Å². The number of carbonyl (C=O) groups excluding carboxylic acids is 1. The first-order chi connectivity index (χ1) is 7.81. The van der Waals surface area contributed by atoms with Crippen LogP contribution in [0.2, 0.25) is 0 Å². The van der Waals surface area contributed by atoms with Crippen LogP contribution >= 0.6 is 0 Å². The number of aromatic nitrogens is 1. The summed E-state index contributed by atoms with van der Waals surface area (Å²) in [6.45, 7) is 0. The summed E-state index contributed by atoms with van der Waals surface area (Å²) in [5.74, 6) is 0.255. The number of likely N-dealkylation sites (N-methyl/N-ethyl adjacent to an activating group) is 1. The van der Waals surface area contributed by atoms with E-state index >= 15 is 0 Å². The minimum atomic E-state index is -0.0317. The van der Waals surface area contributed by atoms with Gasteiger partial charge in [0.25, 0.3) is 5.91 Å². The zero-order valence-electron chi connectivity index (χ0n) is 9.18. The van der Waals surface area contributed by atoms with Gasteiger partial charge >= 0.3 is 0 Å². The molecule has 1 amide bonds. The number of amides is 1. The fourth-order valence-corrected chi connectivity index (χ4v) is 1.75. The summed E-state index contributed by atoms with van der Waals surface area (Å²) in [6, 6.07) is 5.89. The lowest BCUT2D eigenvalue weighted by molar-refractivity contribution is -0.116. The van der Waals surface area contributed by atoms with Gasteiger partial charge < -0.3 is 5.32 Å². The molecule has 1 aromatic rings. The Morgan fingerprint density at radius 2 is 2.38 bits per heavy atom. The lowest BCUT2D eigenvalue weighted by Crippen LogP contribution is -2.20. The summed E-state index contributed by atoms with van der Waals surface area (Å²) in [7, 11) is 1.64. The minimum absolute atomic E-state index is 0.0317. The molecule has 1 heterocycles. The third-order valence-corrected chi connectivity index (χ3v) is 2.66. The molecule has 16 heavy (non-hydrogen) atoms. The highest BCUT2D eigenvalue weighted by atomic mass is 16.1. The predicted octanol–water partition coefficient (Wildman–Crippen LogP) is 1.80. The summed E-state index contributed by atoms with van der Waals surface area (Å²) < 4.78 is 0. The summed E-state index contributed by atoms with van der Waals surface area (Å²) in [5.41, 5.74) is 1.78. The van der Waals surface area contributed by atoms with Gasteiger partial charge in [-0.3, -0.25) is 9.78 Å². The molecule has 2 rings (SSSR count). The second kappa shape index (κ2) is 4.75. The van der Waals surface area contributed by atoms with Crippen LogP contribution in [-0.2, 0) is 4.79 Å². The minimum Gasteiger partial charge on any atom is -0.355 e. The van der Waals surface area contributed by atoms with Gasteiger partial charge in [-0.1, -0.05) is 24.3 Å². The van der Waals surface area contributed by atoms with Gasteiger partial charge in [0.1, 0.15) is 0 Å². The maximum Gasteiger partial charge on any atom is 0.250 e. The van der Waals surface area contributed by atoms with Gasteiger partial charge in [-0.05, 0) is 18.6 Å². The zero-order valence-corrected chi connectivity index (χ0v) is 9.18. The summed E-state index contributed by atoms with van der Waals surface area (Å²) >= 11 is 0. The van der Waals surface area contributed by atoms with Crippen molar-refractivity contribution in [3.05, 3.63) is 53.9 Å². The lowest BCUT2D eigenvalue weighted by atomic mass is 9.93. The van der Waals surface area contributed by atoms with Gasteiger partial charge in [-0.15, -0.1) is 0 Å². The number of carbonyl (C=O) groups is 1. The van der Waals surface area contributed by atoms with E-state index in [0.717, 1.165) is 17.7 Å². The topological polar surface area (TPSA) is 42.0 Å². The molecule has 0 radical (unpaired) electrons. The number of rotatable bonds is 2. The van der Waals surface area contributed by atoms with Crippen LogP contribution < -0.4 is 5.32 Å². The Hall–Kier alpha value is -1.90. The number of pyridine rings is 1. The van der Waals surface area contributed by atoms with Gasteiger partial charge in [-0.25, -0.2) is 0 Å². The number of hydrogen-bond acceptors (Lipinski definition) is 2. The second-order valence-corrected chi connectivity index (χ2v) is 3.69. The Balaban J connectivity index is 2.09. The number of hydrogen-bond donors (Lipinski definition) is 1.